The SMILES string of the molecule is C1=C[I]C(Nc2ccccc2)=C1. The number of halogens is 1. The summed E-state index contributed by atoms with van der Waals surface area (Å²) < 4.78 is 3.63. The summed E-state index contributed by atoms with van der Waals surface area (Å²) in [6.45, 7) is 0. The van der Waals surface area contributed by atoms with Gasteiger partial charge >= 0.3 is 0 Å². The Hall–Kier alpha value is -0.770. The molecule has 61 valence electrons. The van der Waals surface area contributed by atoms with Crippen molar-refractivity contribution in [2.24, 2.45) is 0 Å². The Morgan fingerprint density at radius 2 is 1.92 bits per heavy atom. The number of rotatable bonds is 2. The predicted molar refractivity (Wildman–Crippen MR) is 61.3 cm³/mol. The van der Waals surface area contributed by atoms with Crippen molar-refractivity contribution in [2.45, 2.75) is 0 Å². The summed E-state index contributed by atoms with van der Waals surface area (Å²) in [5.74, 6) is 0. The largest absolute Gasteiger partial charge is 0.351 e. The quantitative estimate of drug-likeness (QED) is 0.641. The molecule has 0 fully saturated rings. The zero-order valence-electron chi connectivity index (χ0n) is 6.50. The molecule has 1 aliphatic heterocycles. The first-order chi connectivity index (χ1) is 5.95. The van der Waals surface area contributed by atoms with Gasteiger partial charge in [0.2, 0.25) is 0 Å². The molecule has 2 heteroatoms. The van der Waals surface area contributed by atoms with Crippen LogP contribution < -0.4 is 5.32 Å². The highest BCUT2D eigenvalue weighted by atomic mass is 127. The van der Waals surface area contributed by atoms with Crippen molar-refractivity contribution in [2.75, 3.05) is 5.32 Å². The first kappa shape index (κ1) is 7.86. The molecule has 0 atom stereocenters. The maximum Gasteiger partial charge on any atom is 0.0720 e. The van der Waals surface area contributed by atoms with Crippen LogP contribution in [0.3, 0.4) is 0 Å². The van der Waals surface area contributed by atoms with E-state index in [0.29, 0.717) is 0 Å². The van der Waals surface area contributed by atoms with E-state index >= 15 is 0 Å². The molecule has 1 aromatic rings. The van der Waals surface area contributed by atoms with Crippen molar-refractivity contribution < 1.29 is 0 Å². The molecule has 0 bridgehead atoms. The summed E-state index contributed by atoms with van der Waals surface area (Å²) in [5.41, 5.74) is 1.19. The number of nitrogens with one attached hydrogen (secondary N) is 1. The molecule has 0 unspecified atom stereocenters. The first-order valence-electron chi connectivity index (χ1n) is 3.77. The Bertz CT molecular complexity index is 314. The fraction of sp³-hybridized carbons (Fsp3) is 0. The van der Waals surface area contributed by atoms with E-state index in [1.165, 1.54) is 9.39 Å². The smallest absolute Gasteiger partial charge is 0.0720 e. The minimum Gasteiger partial charge on any atom is -0.351 e. The van der Waals surface area contributed by atoms with Crippen LogP contribution in [0.15, 0.2) is 50.3 Å². The Balaban J connectivity index is 2.05. The fourth-order valence-electron chi connectivity index (χ4n) is 0.990. The van der Waals surface area contributed by atoms with Crippen LogP contribution >= 0.6 is 21.2 Å². The molecule has 1 nitrogen and oxygen atoms in total. The average molecular weight is 270 g/mol. The van der Waals surface area contributed by atoms with Gasteiger partial charge in [-0.3, -0.25) is 0 Å². The summed E-state index contributed by atoms with van der Waals surface area (Å²) in [5, 5.41) is 3.39. The Labute approximate surface area is 82.4 Å². The van der Waals surface area contributed by atoms with Gasteiger partial charge in [-0.25, -0.2) is 0 Å². The monoisotopic (exact) mass is 270 g/mol. The lowest BCUT2D eigenvalue weighted by Gasteiger charge is -2.04. The molecule has 0 aliphatic carbocycles. The number of hydrogen-bond acceptors (Lipinski definition) is 1. The summed E-state index contributed by atoms with van der Waals surface area (Å²) in [6.07, 6.45) is 4.28. The van der Waals surface area contributed by atoms with E-state index in [4.69, 9.17) is 0 Å². The zero-order chi connectivity index (χ0) is 8.23. The molecule has 0 saturated carbocycles. The van der Waals surface area contributed by atoms with Crippen LogP contribution in [0, 0.1) is 0 Å². The van der Waals surface area contributed by atoms with Gasteiger partial charge in [0.1, 0.15) is 0 Å². The van der Waals surface area contributed by atoms with E-state index in [9.17, 15) is 0 Å². The topological polar surface area (TPSA) is 12.0 Å². The molecule has 1 heterocycles. The number of benzene rings is 1. The molecule has 1 radical (unpaired) electrons. The molecular weight excluding hydrogens is 261 g/mol. The molecule has 1 aromatic carbocycles. The van der Waals surface area contributed by atoms with Crippen LogP contribution in [0.2, 0.25) is 0 Å². The van der Waals surface area contributed by atoms with Crippen molar-refractivity contribution >= 4 is 26.9 Å². The van der Waals surface area contributed by atoms with Crippen molar-refractivity contribution in [3.8, 4) is 0 Å². The van der Waals surface area contributed by atoms with Crippen molar-refractivity contribution in [1.82, 2.24) is 0 Å². The summed E-state index contributed by atoms with van der Waals surface area (Å²) in [7, 11) is 0. The Morgan fingerprint density at radius 3 is 2.58 bits per heavy atom. The van der Waals surface area contributed by atoms with E-state index in [-0.39, 0.29) is 21.2 Å². The highest BCUT2D eigenvalue weighted by Gasteiger charge is 1.98. The van der Waals surface area contributed by atoms with Gasteiger partial charge in [-0.05, 0) is 22.3 Å². The first-order valence-corrected chi connectivity index (χ1v) is 6.10. The van der Waals surface area contributed by atoms with Crippen molar-refractivity contribution in [3.63, 3.8) is 0 Å². The predicted octanol–water partition coefficient (Wildman–Crippen LogP) is 3.44. The zero-order valence-corrected chi connectivity index (χ0v) is 8.65. The second-order valence-corrected chi connectivity index (χ2v) is 4.94. The van der Waals surface area contributed by atoms with Gasteiger partial charge < -0.3 is 5.32 Å². The lowest BCUT2D eigenvalue weighted by atomic mass is 10.3. The molecule has 1 N–H and O–H groups in total. The van der Waals surface area contributed by atoms with Crippen LogP contribution in [-0.4, -0.2) is 0 Å². The molecule has 12 heavy (non-hydrogen) atoms. The van der Waals surface area contributed by atoms with Crippen molar-refractivity contribution in [1.29, 1.82) is 0 Å². The Kier molecular flexibility index (Phi) is 2.46. The summed E-state index contributed by atoms with van der Waals surface area (Å²) >= 11 is 0.120. The third-order valence-corrected chi connectivity index (χ3v) is 3.61. The van der Waals surface area contributed by atoms with Crippen LogP contribution in [0.5, 0.6) is 0 Å². The van der Waals surface area contributed by atoms with Gasteiger partial charge in [0, 0.05) is 5.69 Å². The highest BCUT2D eigenvalue weighted by Crippen LogP contribution is 2.31. The van der Waals surface area contributed by atoms with Gasteiger partial charge in [-0.2, -0.15) is 0 Å². The van der Waals surface area contributed by atoms with Gasteiger partial charge in [0.25, 0.3) is 0 Å². The van der Waals surface area contributed by atoms with E-state index in [1.54, 1.807) is 0 Å². The molecule has 0 aromatic heterocycles. The summed E-state index contributed by atoms with van der Waals surface area (Å²) in [6, 6.07) is 10.3. The van der Waals surface area contributed by atoms with E-state index in [1.807, 2.05) is 18.2 Å². The molecule has 0 spiro atoms. The number of allylic oxidation sites excluding steroid dienone is 2. The third kappa shape index (κ3) is 1.88. The van der Waals surface area contributed by atoms with Gasteiger partial charge in [0.05, 0.1) is 3.70 Å². The molecule has 1 aliphatic rings. The lowest BCUT2D eigenvalue weighted by Crippen LogP contribution is -1.91. The molecule has 0 amide bonds. The minimum atomic E-state index is 0.120. The van der Waals surface area contributed by atoms with E-state index < -0.39 is 0 Å². The van der Waals surface area contributed by atoms with Gasteiger partial charge in [0.15, 0.2) is 0 Å². The minimum absolute atomic E-state index is 0.120. The maximum absolute atomic E-state index is 3.39. The van der Waals surface area contributed by atoms with Gasteiger partial charge in [-0.1, -0.05) is 45.5 Å². The average Bonchev–Trinajstić information content (AvgIpc) is 2.59. The summed E-state index contributed by atoms with van der Waals surface area (Å²) in [4.78, 5) is 0. The third-order valence-electron chi connectivity index (χ3n) is 1.53. The van der Waals surface area contributed by atoms with Crippen LogP contribution in [0.1, 0.15) is 0 Å². The lowest BCUT2D eigenvalue weighted by molar-refractivity contribution is 1.57. The maximum atomic E-state index is 3.39. The van der Waals surface area contributed by atoms with Crippen molar-refractivity contribution in [3.05, 3.63) is 50.3 Å². The number of hydrogen-bond donors (Lipinski definition) is 1. The van der Waals surface area contributed by atoms with Crippen LogP contribution in [-0.2, 0) is 0 Å². The Morgan fingerprint density at radius 1 is 1.08 bits per heavy atom. The van der Waals surface area contributed by atoms with Gasteiger partial charge in [-0.15, -0.1) is 0 Å². The highest BCUT2D eigenvalue weighted by molar-refractivity contribution is 14.2. The van der Waals surface area contributed by atoms with E-state index in [2.05, 4.69) is 33.7 Å². The standard InChI is InChI=1S/C10H9IN/c1-2-5-9(6-3-1)12-10-7-4-8-11-10/h1-8,12H. The second kappa shape index (κ2) is 3.76. The molecule has 0 saturated heterocycles. The second-order valence-electron chi connectivity index (χ2n) is 2.43. The van der Waals surface area contributed by atoms with Crippen LogP contribution in [0.4, 0.5) is 5.69 Å². The molecule has 2 rings (SSSR count). The fourth-order valence-corrected chi connectivity index (χ4v) is 2.67. The normalized spacial score (nSPS) is 14.5. The van der Waals surface area contributed by atoms with E-state index in [0.717, 1.165) is 0 Å². The number of anilines is 1. The number of para-hydroxylation sites is 1. The van der Waals surface area contributed by atoms with Crippen LogP contribution in [0.25, 0.3) is 0 Å². The molecular formula is C10H9IN.